The first-order valence-electron chi connectivity index (χ1n) is 10.00. The fourth-order valence-electron chi connectivity index (χ4n) is 3.45. The molecule has 166 valence electrons. The van der Waals surface area contributed by atoms with Crippen LogP contribution in [0, 0.1) is 0 Å². The van der Waals surface area contributed by atoms with Crippen LogP contribution in [0.4, 0.5) is 0 Å². The molecule has 3 heterocycles. The van der Waals surface area contributed by atoms with Gasteiger partial charge in [-0.05, 0) is 42.5 Å². The van der Waals surface area contributed by atoms with Crippen molar-refractivity contribution in [3.05, 3.63) is 72.7 Å². The summed E-state index contributed by atoms with van der Waals surface area (Å²) in [5, 5.41) is 13.9. The first-order chi connectivity index (χ1) is 15.9. The monoisotopic (exact) mass is 461 g/mol. The quantitative estimate of drug-likeness (QED) is 0.379. The third kappa shape index (κ3) is 4.08. The molecule has 0 aliphatic rings. The van der Waals surface area contributed by atoms with E-state index in [1.165, 1.54) is 6.26 Å². The number of methoxy groups -OCH3 is 1. The van der Waals surface area contributed by atoms with E-state index in [1.54, 1.807) is 54.2 Å². The molecule has 9 nitrogen and oxygen atoms in total. The molecule has 0 bridgehead atoms. The molecular formula is C23H19N5O4S. The van der Waals surface area contributed by atoms with Crippen molar-refractivity contribution in [1.82, 2.24) is 24.8 Å². The molecule has 0 aliphatic carbocycles. The van der Waals surface area contributed by atoms with Crippen molar-refractivity contribution in [3.8, 4) is 22.8 Å². The maximum Gasteiger partial charge on any atom is 0.192 e. The number of ether oxygens (including phenoxy) is 2. The van der Waals surface area contributed by atoms with Gasteiger partial charge in [-0.25, -0.2) is 8.42 Å². The zero-order valence-electron chi connectivity index (χ0n) is 17.8. The molecule has 0 aliphatic heterocycles. The van der Waals surface area contributed by atoms with Crippen molar-refractivity contribution in [2.45, 2.75) is 11.5 Å². The summed E-state index contributed by atoms with van der Waals surface area (Å²) >= 11 is 0. The highest BCUT2D eigenvalue weighted by Gasteiger charge is 2.12. The van der Waals surface area contributed by atoms with Crippen LogP contribution >= 0.6 is 0 Å². The summed E-state index contributed by atoms with van der Waals surface area (Å²) in [6, 6.07) is 17.6. The Kier molecular flexibility index (Phi) is 5.14. The van der Waals surface area contributed by atoms with Gasteiger partial charge in [0.25, 0.3) is 0 Å². The van der Waals surface area contributed by atoms with E-state index in [9.17, 15) is 8.42 Å². The Bertz CT molecular complexity index is 1580. The van der Waals surface area contributed by atoms with Crippen LogP contribution < -0.4 is 9.47 Å². The number of nitrogens with zero attached hydrogens (tertiary/aromatic N) is 5. The molecule has 0 saturated carbocycles. The highest BCUT2D eigenvalue weighted by Crippen LogP contribution is 2.27. The molecule has 0 fully saturated rings. The van der Waals surface area contributed by atoms with E-state index in [4.69, 9.17) is 9.47 Å². The van der Waals surface area contributed by atoms with E-state index in [0.717, 1.165) is 22.2 Å². The van der Waals surface area contributed by atoms with Crippen molar-refractivity contribution in [3.63, 3.8) is 0 Å². The van der Waals surface area contributed by atoms with Crippen LogP contribution in [-0.2, 0) is 16.4 Å². The molecule has 0 radical (unpaired) electrons. The van der Waals surface area contributed by atoms with Gasteiger partial charge in [-0.1, -0.05) is 12.1 Å². The molecule has 5 rings (SSSR count). The first-order valence-corrected chi connectivity index (χ1v) is 11.9. The second-order valence-electron chi connectivity index (χ2n) is 7.38. The van der Waals surface area contributed by atoms with Crippen molar-refractivity contribution in [2.24, 2.45) is 0 Å². The predicted molar refractivity (Wildman–Crippen MR) is 122 cm³/mol. The number of hydrogen-bond acceptors (Lipinski definition) is 8. The molecule has 5 aromatic rings. The van der Waals surface area contributed by atoms with Gasteiger partial charge in [-0.2, -0.15) is 9.61 Å². The van der Waals surface area contributed by atoms with Crippen molar-refractivity contribution < 1.29 is 17.9 Å². The van der Waals surface area contributed by atoms with E-state index in [-0.39, 0.29) is 11.5 Å². The summed E-state index contributed by atoms with van der Waals surface area (Å²) in [6.45, 7) is 0.149. The first kappa shape index (κ1) is 20.8. The molecule has 33 heavy (non-hydrogen) atoms. The summed E-state index contributed by atoms with van der Waals surface area (Å²) in [6.07, 6.45) is 2.85. The average molecular weight is 462 g/mol. The van der Waals surface area contributed by atoms with Gasteiger partial charge >= 0.3 is 0 Å². The van der Waals surface area contributed by atoms with Crippen LogP contribution in [0.25, 0.3) is 27.8 Å². The lowest BCUT2D eigenvalue weighted by atomic mass is 10.1. The lowest BCUT2D eigenvalue weighted by Gasteiger charge is -2.09. The molecule has 0 amide bonds. The molecule has 0 atom stereocenters. The maximum atomic E-state index is 11.7. The smallest absolute Gasteiger partial charge is 0.192 e. The fourth-order valence-corrected chi connectivity index (χ4v) is 4.08. The average Bonchev–Trinajstić information content (AvgIpc) is 3.24. The Labute approximate surface area is 189 Å². The third-order valence-corrected chi connectivity index (χ3v) is 6.30. The molecule has 2 aromatic carbocycles. The second-order valence-corrected chi connectivity index (χ2v) is 9.40. The van der Waals surface area contributed by atoms with Crippen LogP contribution in [0.2, 0.25) is 0 Å². The van der Waals surface area contributed by atoms with Crippen LogP contribution in [0.3, 0.4) is 0 Å². The van der Waals surface area contributed by atoms with Crippen LogP contribution in [0.1, 0.15) is 5.82 Å². The Balaban J connectivity index is 1.44. The number of rotatable bonds is 6. The molecule has 3 aromatic heterocycles. The molecule has 0 saturated heterocycles. The van der Waals surface area contributed by atoms with Gasteiger partial charge in [-0.3, -0.25) is 4.98 Å². The van der Waals surface area contributed by atoms with Gasteiger partial charge in [0, 0.05) is 29.5 Å². The highest BCUT2D eigenvalue weighted by atomic mass is 32.2. The summed E-state index contributed by atoms with van der Waals surface area (Å²) < 4.78 is 36.3. The van der Waals surface area contributed by atoms with Gasteiger partial charge in [0.2, 0.25) is 0 Å². The van der Waals surface area contributed by atoms with E-state index in [1.807, 2.05) is 24.3 Å². The number of pyridine rings is 1. The lowest BCUT2D eigenvalue weighted by molar-refractivity contribution is 0.296. The number of hydrogen-bond donors (Lipinski definition) is 0. The Morgan fingerprint density at radius 2 is 1.79 bits per heavy atom. The minimum Gasteiger partial charge on any atom is -0.497 e. The van der Waals surface area contributed by atoms with Crippen molar-refractivity contribution in [1.29, 1.82) is 0 Å². The predicted octanol–water partition coefficient (Wildman–Crippen LogP) is 3.33. The minimum atomic E-state index is -3.26. The number of benzene rings is 2. The van der Waals surface area contributed by atoms with Gasteiger partial charge in [-0.15, -0.1) is 10.2 Å². The highest BCUT2D eigenvalue weighted by molar-refractivity contribution is 7.90. The van der Waals surface area contributed by atoms with E-state index in [2.05, 4.69) is 20.3 Å². The minimum absolute atomic E-state index is 0.149. The largest absolute Gasteiger partial charge is 0.497 e. The molecule has 0 N–H and O–H groups in total. The topological polar surface area (TPSA) is 109 Å². The van der Waals surface area contributed by atoms with E-state index in [0.29, 0.717) is 22.9 Å². The normalized spacial score (nSPS) is 11.7. The Morgan fingerprint density at radius 3 is 2.55 bits per heavy atom. The van der Waals surface area contributed by atoms with Crippen molar-refractivity contribution in [2.75, 3.05) is 13.4 Å². The van der Waals surface area contributed by atoms with E-state index >= 15 is 0 Å². The third-order valence-electron chi connectivity index (χ3n) is 5.17. The summed E-state index contributed by atoms with van der Waals surface area (Å²) in [4.78, 5) is 4.63. The fraction of sp³-hybridized carbons (Fsp3) is 0.130. The zero-order valence-corrected chi connectivity index (χ0v) is 18.7. The molecule has 10 heteroatoms. The standard InChI is InChI=1S/C23H19N5O4S/c1-31-16-5-8-18-20(13-16)24-12-11-21(18)32-14-23-26-25-22-10-9-19(27-28(22)23)15-3-6-17(7-4-15)33(2,29)30/h3-13H,14H2,1-2H3. The van der Waals surface area contributed by atoms with E-state index < -0.39 is 9.84 Å². The number of fused-ring (bicyclic) bond motifs is 2. The van der Waals surface area contributed by atoms with Gasteiger partial charge in [0.05, 0.1) is 23.2 Å². The number of sulfone groups is 1. The Hall–Kier alpha value is -4.05. The van der Waals surface area contributed by atoms with Crippen LogP contribution in [-0.4, -0.2) is 46.6 Å². The van der Waals surface area contributed by atoms with Gasteiger partial charge in [0.15, 0.2) is 21.3 Å². The molecule has 0 unspecified atom stereocenters. The summed E-state index contributed by atoms with van der Waals surface area (Å²) in [5.74, 6) is 1.90. The van der Waals surface area contributed by atoms with Gasteiger partial charge in [0.1, 0.15) is 18.1 Å². The second kappa shape index (κ2) is 8.14. The SMILES string of the molecule is COc1ccc2c(OCc3nnc4ccc(-c5ccc(S(C)(=O)=O)cc5)nn34)ccnc2c1. The molecular weight excluding hydrogens is 442 g/mol. The number of aromatic nitrogens is 5. The van der Waals surface area contributed by atoms with Crippen molar-refractivity contribution >= 4 is 26.4 Å². The Morgan fingerprint density at radius 1 is 0.970 bits per heavy atom. The maximum absolute atomic E-state index is 11.7. The molecule has 0 spiro atoms. The van der Waals surface area contributed by atoms with Crippen LogP contribution in [0.15, 0.2) is 71.8 Å². The van der Waals surface area contributed by atoms with Gasteiger partial charge < -0.3 is 9.47 Å². The summed E-state index contributed by atoms with van der Waals surface area (Å²) in [7, 11) is -1.65. The van der Waals surface area contributed by atoms with Crippen LogP contribution in [0.5, 0.6) is 11.5 Å². The summed E-state index contributed by atoms with van der Waals surface area (Å²) in [5.41, 5.74) is 2.77. The lowest BCUT2D eigenvalue weighted by Crippen LogP contribution is -2.05. The zero-order chi connectivity index (χ0) is 23.0.